The van der Waals surface area contributed by atoms with E-state index in [1.807, 2.05) is 73.1 Å². The smallest absolute Gasteiger partial charge is 0.173 e. The predicted octanol–water partition coefficient (Wildman–Crippen LogP) is 7.45. The number of rotatable bonds is 7. The number of Topliss-reactive ketones (excluding diaryl/α,β-unsaturated/α-hetero) is 1. The second kappa shape index (κ2) is 10.0. The summed E-state index contributed by atoms with van der Waals surface area (Å²) >= 11 is 13.9. The van der Waals surface area contributed by atoms with Gasteiger partial charge in [-0.2, -0.15) is 0 Å². The second-order valence-corrected chi connectivity index (χ2v) is 9.37. The number of para-hydroxylation sites is 2. The molecule has 0 fully saturated rings. The zero-order chi connectivity index (χ0) is 23.5. The molecular weight excluding hydrogens is 475 g/mol. The van der Waals surface area contributed by atoms with Gasteiger partial charge in [-0.15, -0.1) is 0 Å². The van der Waals surface area contributed by atoms with E-state index >= 15 is 0 Å². The molecule has 0 saturated heterocycles. The van der Waals surface area contributed by atoms with Crippen LogP contribution in [0.1, 0.15) is 21.5 Å². The van der Waals surface area contributed by atoms with Gasteiger partial charge in [0.2, 0.25) is 0 Å². The summed E-state index contributed by atoms with van der Waals surface area (Å²) in [6.45, 7) is 4.04. The Morgan fingerprint density at radius 2 is 1.82 bits per heavy atom. The summed E-state index contributed by atoms with van der Waals surface area (Å²) in [6.07, 6.45) is 1.90. The number of methoxy groups -OCH3 is 1. The summed E-state index contributed by atoms with van der Waals surface area (Å²) < 4.78 is 7.49. The van der Waals surface area contributed by atoms with Crippen LogP contribution in [0.25, 0.3) is 16.9 Å². The van der Waals surface area contributed by atoms with Crippen LogP contribution in [0.15, 0.2) is 72.0 Å². The average molecular weight is 497 g/mol. The van der Waals surface area contributed by atoms with E-state index in [9.17, 15) is 4.79 Å². The molecule has 4 aromatic rings. The van der Waals surface area contributed by atoms with Gasteiger partial charge in [-0.1, -0.05) is 59.2 Å². The molecule has 3 aromatic carbocycles. The minimum Gasteiger partial charge on any atom is -0.495 e. The molecule has 0 unspecified atom stereocenters. The fourth-order valence-electron chi connectivity index (χ4n) is 3.42. The van der Waals surface area contributed by atoms with E-state index < -0.39 is 0 Å². The van der Waals surface area contributed by atoms with Crippen LogP contribution in [0.4, 0.5) is 0 Å². The first-order valence-electron chi connectivity index (χ1n) is 10.3. The predicted molar refractivity (Wildman–Crippen MR) is 137 cm³/mol. The van der Waals surface area contributed by atoms with Crippen LogP contribution in [0.5, 0.6) is 5.75 Å². The largest absolute Gasteiger partial charge is 0.495 e. The first-order chi connectivity index (χ1) is 15.9. The lowest BCUT2D eigenvalue weighted by atomic mass is 10.0. The maximum absolute atomic E-state index is 12.9. The molecule has 7 heteroatoms. The Balaban J connectivity index is 1.71. The van der Waals surface area contributed by atoms with Crippen molar-refractivity contribution in [3.63, 3.8) is 0 Å². The number of carbonyl (C=O) groups is 1. The number of ether oxygens (including phenoxy) is 1. The van der Waals surface area contributed by atoms with E-state index in [1.54, 1.807) is 19.2 Å². The molecular formula is C26H22Cl2N2O2S. The molecule has 0 N–H and O–H groups in total. The topological polar surface area (TPSA) is 44.1 Å². The number of carbonyl (C=O) groups excluding carboxylic acids is 1. The van der Waals surface area contributed by atoms with Crippen LogP contribution in [-0.2, 0) is 0 Å². The number of thioether (sulfide) groups is 1. The van der Waals surface area contributed by atoms with Gasteiger partial charge in [0.25, 0.3) is 0 Å². The summed E-state index contributed by atoms with van der Waals surface area (Å²) in [5.74, 6) is 0.998. The van der Waals surface area contributed by atoms with E-state index in [0.717, 1.165) is 22.4 Å². The molecule has 4 nitrogen and oxygen atoms in total. The quantitative estimate of drug-likeness (QED) is 0.197. The van der Waals surface area contributed by atoms with Gasteiger partial charge in [-0.3, -0.25) is 9.36 Å². The zero-order valence-electron chi connectivity index (χ0n) is 18.4. The highest BCUT2D eigenvalue weighted by molar-refractivity contribution is 7.99. The van der Waals surface area contributed by atoms with Crippen molar-refractivity contribution in [2.75, 3.05) is 12.9 Å². The van der Waals surface area contributed by atoms with Crippen molar-refractivity contribution >= 4 is 40.7 Å². The van der Waals surface area contributed by atoms with Crippen LogP contribution >= 0.6 is 35.0 Å². The van der Waals surface area contributed by atoms with Crippen molar-refractivity contribution in [1.29, 1.82) is 0 Å². The number of nitrogens with zero attached hydrogens (tertiary/aromatic N) is 2. The molecule has 1 aromatic heterocycles. The third-order valence-corrected chi connectivity index (χ3v) is 6.89. The number of hydrogen-bond acceptors (Lipinski definition) is 4. The normalized spacial score (nSPS) is 10.9. The van der Waals surface area contributed by atoms with E-state index in [0.29, 0.717) is 32.2 Å². The first kappa shape index (κ1) is 23.4. The van der Waals surface area contributed by atoms with E-state index in [1.165, 1.54) is 11.8 Å². The molecule has 33 heavy (non-hydrogen) atoms. The van der Waals surface area contributed by atoms with E-state index in [4.69, 9.17) is 32.9 Å². The number of hydrogen-bond donors (Lipinski definition) is 0. The van der Waals surface area contributed by atoms with Crippen molar-refractivity contribution in [3.8, 4) is 22.7 Å². The summed E-state index contributed by atoms with van der Waals surface area (Å²) in [4.78, 5) is 17.7. The van der Waals surface area contributed by atoms with Gasteiger partial charge in [0, 0.05) is 22.3 Å². The zero-order valence-corrected chi connectivity index (χ0v) is 20.8. The maximum Gasteiger partial charge on any atom is 0.173 e. The summed E-state index contributed by atoms with van der Waals surface area (Å²) in [6, 6.07) is 18.8. The molecule has 0 radical (unpaired) electrons. The molecule has 0 saturated carbocycles. The molecule has 168 valence electrons. The Labute approximate surface area is 207 Å². The van der Waals surface area contributed by atoms with Crippen molar-refractivity contribution in [1.82, 2.24) is 9.55 Å². The number of ketones is 1. The maximum atomic E-state index is 12.9. The van der Waals surface area contributed by atoms with E-state index in [-0.39, 0.29) is 11.5 Å². The van der Waals surface area contributed by atoms with Crippen molar-refractivity contribution in [3.05, 3.63) is 93.6 Å². The number of benzene rings is 3. The molecule has 0 amide bonds. The van der Waals surface area contributed by atoms with Gasteiger partial charge in [-0.25, -0.2) is 4.98 Å². The highest BCUT2D eigenvalue weighted by Crippen LogP contribution is 2.35. The fraction of sp³-hybridized carbons (Fsp3) is 0.154. The van der Waals surface area contributed by atoms with Gasteiger partial charge in [0.05, 0.1) is 29.3 Å². The average Bonchev–Trinajstić information content (AvgIpc) is 3.22. The van der Waals surface area contributed by atoms with Crippen molar-refractivity contribution < 1.29 is 9.53 Å². The third-order valence-electron chi connectivity index (χ3n) is 5.39. The lowest BCUT2D eigenvalue weighted by molar-refractivity contribution is 0.102. The molecule has 1 heterocycles. The molecule has 0 aliphatic carbocycles. The molecule has 0 bridgehead atoms. The lowest BCUT2D eigenvalue weighted by Gasteiger charge is -2.11. The monoisotopic (exact) mass is 496 g/mol. The van der Waals surface area contributed by atoms with Gasteiger partial charge in [0.1, 0.15) is 5.75 Å². The lowest BCUT2D eigenvalue weighted by Crippen LogP contribution is -2.05. The molecule has 0 aliphatic rings. The fourth-order valence-corrected chi connectivity index (χ4v) is 4.81. The van der Waals surface area contributed by atoms with Gasteiger partial charge in [-0.05, 0) is 61.4 Å². The molecule has 0 aliphatic heterocycles. The Kier molecular flexibility index (Phi) is 7.13. The van der Waals surface area contributed by atoms with Crippen LogP contribution in [0, 0.1) is 13.8 Å². The minimum atomic E-state index is 0.0451. The van der Waals surface area contributed by atoms with Crippen molar-refractivity contribution in [2.45, 2.75) is 19.0 Å². The van der Waals surface area contributed by atoms with Crippen LogP contribution < -0.4 is 4.74 Å². The Hall–Kier alpha value is -2.73. The molecule has 4 rings (SSSR count). The SMILES string of the molecule is COc1ccccc1-n1cc(-c2ccc(Cl)cc2Cl)nc1SCC(=O)c1ccc(C)c(C)c1. The third kappa shape index (κ3) is 5.11. The van der Waals surface area contributed by atoms with E-state index in [2.05, 4.69) is 0 Å². The number of halogens is 2. The first-order valence-corrected chi connectivity index (χ1v) is 12.0. The Morgan fingerprint density at radius 3 is 2.55 bits per heavy atom. The standard InChI is InChI=1S/C26H22Cl2N2O2S/c1-16-8-9-18(12-17(16)2)24(31)15-33-26-29-22(20-11-10-19(27)13-21(20)28)14-30(26)23-6-4-5-7-25(23)32-3/h4-14H,15H2,1-3H3. The molecule has 0 spiro atoms. The van der Waals surface area contributed by atoms with Gasteiger partial charge in [0.15, 0.2) is 10.9 Å². The van der Waals surface area contributed by atoms with Crippen LogP contribution in [0.2, 0.25) is 10.0 Å². The summed E-state index contributed by atoms with van der Waals surface area (Å²) in [7, 11) is 1.63. The van der Waals surface area contributed by atoms with Gasteiger partial charge < -0.3 is 4.74 Å². The van der Waals surface area contributed by atoms with Crippen LogP contribution in [0.3, 0.4) is 0 Å². The summed E-state index contributed by atoms with van der Waals surface area (Å²) in [5.41, 5.74) is 5.23. The Morgan fingerprint density at radius 1 is 1.03 bits per heavy atom. The van der Waals surface area contributed by atoms with Crippen LogP contribution in [-0.4, -0.2) is 28.2 Å². The minimum absolute atomic E-state index is 0.0451. The number of aryl methyl sites for hydroxylation is 2. The highest BCUT2D eigenvalue weighted by Gasteiger charge is 2.18. The number of aromatic nitrogens is 2. The van der Waals surface area contributed by atoms with Gasteiger partial charge >= 0.3 is 0 Å². The van der Waals surface area contributed by atoms with Crippen molar-refractivity contribution in [2.24, 2.45) is 0 Å². The summed E-state index contributed by atoms with van der Waals surface area (Å²) in [5, 5.41) is 1.73. The Bertz CT molecular complexity index is 1330. The highest BCUT2D eigenvalue weighted by atomic mass is 35.5. The number of imidazole rings is 1. The molecule has 0 atom stereocenters. The second-order valence-electron chi connectivity index (χ2n) is 7.59.